The number of carbonyl (C=O) groups is 1. The second kappa shape index (κ2) is 8.74. The molecule has 2 aliphatic rings. The van der Waals surface area contributed by atoms with E-state index in [2.05, 4.69) is 14.7 Å². The average Bonchev–Trinajstić information content (AvgIpc) is 3.40. The quantitative estimate of drug-likeness (QED) is 0.483. The highest BCUT2D eigenvalue weighted by atomic mass is 32.2. The van der Waals surface area contributed by atoms with E-state index in [1.165, 1.54) is 17.5 Å². The van der Waals surface area contributed by atoms with Crippen molar-refractivity contribution in [3.63, 3.8) is 0 Å². The first-order chi connectivity index (χ1) is 15.9. The fraction of sp³-hybridized carbons (Fsp3) is 0.350. The molecule has 182 valence electrons. The molecule has 1 fully saturated rings. The summed E-state index contributed by atoms with van der Waals surface area (Å²) in [4.78, 5) is 23.0. The van der Waals surface area contributed by atoms with Crippen LogP contribution in [0.5, 0.6) is 0 Å². The highest BCUT2D eigenvalue weighted by Gasteiger charge is 2.45. The Hall–Kier alpha value is -2.84. The predicted molar refractivity (Wildman–Crippen MR) is 115 cm³/mol. The summed E-state index contributed by atoms with van der Waals surface area (Å²) in [6, 6.07) is -0.0115. The number of sulfonamides is 1. The lowest BCUT2D eigenvalue weighted by atomic mass is 9.91. The van der Waals surface area contributed by atoms with E-state index in [0.29, 0.717) is 11.1 Å². The van der Waals surface area contributed by atoms with Crippen LogP contribution in [0.4, 0.5) is 17.6 Å². The van der Waals surface area contributed by atoms with Gasteiger partial charge in [0.1, 0.15) is 11.9 Å². The third-order valence-corrected chi connectivity index (χ3v) is 6.82. The van der Waals surface area contributed by atoms with Crippen molar-refractivity contribution in [1.29, 1.82) is 0 Å². The van der Waals surface area contributed by atoms with Crippen LogP contribution in [0.1, 0.15) is 28.6 Å². The van der Waals surface area contributed by atoms with Gasteiger partial charge in [-0.05, 0) is 17.7 Å². The number of aromatic nitrogens is 1. The van der Waals surface area contributed by atoms with Gasteiger partial charge in [-0.1, -0.05) is 6.07 Å². The molecule has 1 aromatic carbocycles. The normalized spacial score (nSPS) is 20.9. The predicted octanol–water partition coefficient (Wildman–Crippen LogP) is 2.85. The highest BCUT2D eigenvalue weighted by Crippen LogP contribution is 2.44. The van der Waals surface area contributed by atoms with Gasteiger partial charge >= 0.3 is 12.1 Å². The Balaban J connectivity index is 1.95. The maximum Gasteiger partial charge on any atom is 0.416 e. The molecule has 0 aliphatic carbocycles. The average molecular weight is 519 g/mol. The Morgan fingerprint density at radius 2 is 2.06 bits per heavy atom. The molecular formula is C20H18F4N4O4S2. The molecule has 1 aromatic heterocycles. The van der Waals surface area contributed by atoms with Crippen LogP contribution < -0.4 is 4.72 Å². The van der Waals surface area contributed by atoms with E-state index in [9.17, 15) is 30.8 Å². The Morgan fingerprint density at radius 1 is 1.32 bits per heavy atom. The van der Waals surface area contributed by atoms with Gasteiger partial charge in [-0.2, -0.15) is 13.2 Å². The van der Waals surface area contributed by atoms with Gasteiger partial charge in [0.05, 0.1) is 24.5 Å². The molecule has 34 heavy (non-hydrogen) atoms. The Labute approximate surface area is 196 Å². The van der Waals surface area contributed by atoms with Gasteiger partial charge in [-0.15, -0.1) is 11.3 Å². The van der Waals surface area contributed by atoms with Crippen LogP contribution >= 0.6 is 11.3 Å². The maximum atomic E-state index is 13.8. The van der Waals surface area contributed by atoms with Crippen molar-refractivity contribution in [2.45, 2.75) is 24.7 Å². The molecule has 1 saturated heterocycles. The number of fused-ring (bicyclic) bond motifs is 1. The lowest BCUT2D eigenvalue weighted by Gasteiger charge is -2.32. The zero-order valence-electron chi connectivity index (χ0n) is 17.8. The van der Waals surface area contributed by atoms with Gasteiger partial charge in [0.15, 0.2) is 10.8 Å². The first-order valence-corrected chi connectivity index (χ1v) is 12.6. The monoisotopic (exact) mass is 518 g/mol. The van der Waals surface area contributed by atoms with Crippen molar-refractivity contribution in [1.82, 2.24) is 14.6 Å². The second-order valence-electron chi connectivity index (χ2n) is 7.68. The number of ether oxygens (including phenoxy) is 1. The Bertz CT molecular complexity index is 1290. The van der Waals surface area contributed by atoms with Gasteiger partial charge in [-0.3, -0.25) is 4.99 Å². The number of methoxy groups -OCH3 is 1. The molecule has 0 saturated carbocycles. The molecule has 0 unspecified atom stereocenters. The number of carbonyl (C=O) groups excluding carboxylic acids is 1. The van der Waals surface area contributed by atoms with Crippen LogP contribution in [0.15, 0.2) is 46.0 Å². The van der Waals surface area contributed by atoms with E-state index in [-0.39, 0.29) is 30.1 Å². The molecule has 8 nitrogen and oxygen atoms in total. The highest BCUT2D eigenvalue weighted by molar-refractivity contribution is 7.88. The number of halogens is 4. The van der Waals surface area contributed by atoms with Gasteiger partial charge in [0.2, 0.25) is 10.0 Å². The molecule has 0 spiro atoms. The zero-order valence-corrected chi connectivity index (χ0v) is 19.4. The van der Waals surface area contributed by atoms with Crippen molar-refractivity contribution < 1.29 is 35.5 Å². The van der Waals surface area contributed by atoms with Gasteiger partial charge in [0.25, 0.3) is 0 Å². The zero-order chi connectivity index (χ0) is 24.8. The number of hydrogen-bond acceptors (Lipinski definition) is 8. The van der Waals surface area contributed by atoms with Crippen LogP contribution in [0.2, 0.25) is 0 Å². The minimum absolute atomic E-state index is 0.000937. The number of alkyl halides is 3. The second-order valence-corrected chi connectivity index (χ2v) is 10.4. The first-order valence-electron chi connectivity index (χ1n) is 9.79. The third kappa shape index (κ3) is 4.70. The van der Waals surface area contributed by atoms with Crippen LogP contribution in [-0.2, 0) is 25.7 Å². The van der Waals surface area contributed by atoms with Crippen LogP contribution in [-0.4, -0.2) is 56.1 Å². The summed E-state index contributed by atoms with van der Waals surface area (Å²) in [7, 11) is -2.54. The maximum absolute atomic E-state index is 13.8. The summed E-state index contributed by atoms with van der Waals surface area (Å²) < 4.78 is 86.2. The van der Waals surface area contributed by atoms with E-state index in [1.807, 2.05) is 0 Å². The van der Waals surface area contributed by atoms with E-state index in [0.717, 1.165) is 25.5 Å². The third-order valence-electron chi connectivity index (χ3n) is 5.28. The van der Waals surface area contributed by atoms with E-state index in [4.69, 9.17) is 4.74 Å². The van der Waals surface area contributed by atoms with Gasteiger partial charge in [0, 0.05) is 36.3 Å². The summed E-state index contributed by atoms with van der Waals surface area (Å²) in [5.74, 6) is -1.84. The first kappa shape index (κ1) is 24.3. The molecule has 0 radical (unpaired) electrons. The lowest BCUT2D eigenvalue weighted by Crippen LogP contribution is -2.39. The number of aliphatic imine (C=N–C) groups is 1. The van der Waals surface area contributed by atoms with Crippen molar-refractivity contribution in [3.05, 3.63) is 63.0 Å². The molecule has 2 aliphatic heterocycles. The van der Waals surface area contributed by atoms with Gasteiger partial charge < -0.3 is 9.64 Å². The molecular weight excluding hydrogens is 500 g/mol. The number of nitrogens with one attached hydrogen (secondary N) is 1. The van der Waals surface area contributed by atoms with Crippen molar-refractivity contribution >= 4 is 33.2 Å². The largest absolute Gasteiger partial charge is 0.466 e. The SMILES string of the molecule is COC(=O)C1=C2C[C@H](NS(C)(=O)=O)CN2C(c2nccs2)=N[C@H]1c1ccc(F)cc1C(F)(F)F. The number of rotatable bonds is 5. The fourth-order valence-corrected chi connectivity index (χ4v) is 5.49. The number of thiazole rings is 1. The summed E-state index contributed by atoms with van der Waals surface area (Å²) in [5, 5.41) is 2.01. The van der Waals surface area contributed by atoms with Gasteiger partial charge in [-0.25, -0.2) is 27.3 Å². The molecule has 2 aromatic rings. The minimum Gasteiger partial charge on any atom is -0.466 e. The minimum atomic E-state index is -4.92. The fourth-order valence-electron chi connectivity index (χ4n) is 4.09. The molecule has 4 rings (SSSR count). The molecule has 0 amide bonds. The standard InChI is InChI=1S/C20H18F4N4O4S2/c1-32-19(29)15-14-8-11(27-34(2,30)31)9-28(14)17(18-25-5-6-33-18)26-16(15)12-4-3-10(21)7-13(12)20(22,23)24/h3-7,11,16,27H,8-9H2,1-2H3/t11-,16-/m0/s1. The number of esters is 1. The molecule has 1 N–H and O–H groups in total. The van der Waals surface area contributed by atoms with E-state index < -0.39 is 51.2 Å². The molecule has 0 bridgehead atoms. The van der Waals surface area contributed by atoms with Crippen molar-refractivity contribution in [2.24, 2.45) is 4.99 Å². The van der Waals surface area contributed by atoms with Crippen LogP contribution in [0.3, 0.4) is 0 Å². The number of hydrogen-bond donors (Lipinski definition) is 1. The number of benzene rings is 1. The summed E-state index contributed by atoms with van der Waals surface area (Å²) in [5.41, 5.74) is -1.64. The summed E-state index contributed by atoms with van der Waals surface area (Å²) in [6.07, 6.45) is -2.46. The lowest BCUT2D eigenvalue weighted by molar-refractivity contribution is -0.139. The summed E-state index contributed by atoms with van der Waals surface area (Å²) >= 11 is 1.17. The van der Waals surface area contributed by atoms with Crippen LogP contribution in [0, 0.1) is 5.82 Å². The topological polar surface area (TPSA) is 101 Å². The molecule has 3 heterocycles. The van der Waals surface area contributed by atoms with E-state index in [1.54, 1.807) is 10.3 Å². The number of nitrogens with zero attached hydrogens (tertiary/aromatic N) is 3. The van der Waals surface area contributed by atoms with Crippen molar-refractivity contribution in [3.8, 4) is 0 Å². The number of amidine groups is 1. The van der Waals surface area contributed by atoms with Crippen molar-refractivity contribution in [2.75, 3.05) is 19.9 Å². The Kier molecular flexibility index (Phi) is 6.25. The van der Waals surface area contributed by atoms with Crippen LogP contribution in [0.25, 0.3) is 0 Å². The van der Waals surface area contributed by atoms with E-state index >= 15 is 0 Å². The molecule has 2 atom stereocenters. The Morgan fingerprint density at radius 3 is 2.65 bits per heavy atom. The molecule has 14 heteroatoms. The summed E-state index contributed by atoms with van der Waals surface area (Å²) in [6.45, 7) is 0.0730. The smallest absolute Gasteiger partial charge is 0.416 e.